The first kappa shape index (κ1) is 18.2. The molecule has 148 valence electrons. The molecular formula is C23H19N5O2. The monoisotopic (exact) mass is 397 g/mol. The van der Waals surface area contributed by atoms with Crippen molar-refractivity contribution in [3.05, 3.63) is 94.9 Å². The third-order valence-electron chi connectivity index (χ3n) is 5.08. The van der Waals surface area contributed by atoms with E-state index in [-0.39, 0.29) is 5.56 Å². The maximum Gasteiger partial charge on any atom is 0.261 e. The van der Waals surface area contributed by atoms with E-state index in [1.807, 2.05) is 48.5 Å². The fourth-order valence-corrected chi connectivity index (χ4v) is 3.71. The van der Waals surface area contributed by atoms with Crippen LogP contribution in [0.2, 0.25) is 0 Å². The Balaban J connectivity index is 1.70. The van der Waals surface area contributed by atoms with E-state index in [1.54, 1.807) is 41.0 Å². The molecule has 0 aliphatic heterocycles. The average molecular weight is 397 g/mol. The Morgan fingerprint density at radius 2 is 1.90 bits per heavy atom. The van der Waals surface area contributed by atoms with Gasteiger partial charge in [0.25, 0.3) is 5.56 Å². The lowest BCUT2D eigenvalue weighted by atomic mass is 10.1. The van der Waals surface area contributed by atoms with Crippen molar-refractivity contribution < 1.29 is 4.74 Å². The fraction of sp³-hybridized carbons (Fsp3) is 0.130. The molecule has 1 aromatic carbocycles. The number of hydrogen-bond acceptors (Lipinski definition) is 5. The Hall–Kier alpha value is -3.84. The zero-order valence-corrected chi connectivity index (χ0v) is 16.4. The molecule has 0 bridgehead atoms. The molecule has 0 saturated heterocycles. The third-order valence-corrected chi connectivity index (χ3v) is 5.08. The van der Waals surface area contributed by atoms with Crippen LogP contribution >= 0.6 is 0 Å². The summed E-state index contributed by atoms with van der Waals surface area (Å²) in [5.41, 5.74) is 4.97. The standard InChI is InChI=1S/C23H19N5O2/c1-30-15-19-21(17-7-3-2-4-8-17)22-25-13-18-20(28(22)26-19)9-11-27(23(18)29)14-16-6-5-10-24-12-16/h2-13H,14-15H2,1H3. The van der Waals surface area contributed by atoms with Gasteiger partial charge in [0.2, 0.25) is 0 Å². The molecule has 4 aromatic heterocycles. The Labute approximate surface area is 172 Å². The number of rotatable bonds is 5. The first-order valence-electron chi connectivity index (χ1n) is 9.59. The van der Waals surface area contributed by atoms with Gasteiger partial charge in [0, 0.05) is 31.9 Å². The quantitative estimate of drug-likeness (QED) is 0.455. The van der Waals surface area contributed by atoms with E-state index in [0.717, 1.165) is 22.4 Å². The first-order valence-corrected chi connectivity index (χ1v) is 9.59. The van der Waals surface area contributed by atoms with Gasteiger partial charge in [0.05, 0.1) is 35.3 Å². The number of pyridine rings is 2. The molecule has 0 amide bonds. The van der Waals surface area contributed by atoms with Crippen LogP contribution in [0.15, 0.2) is 78.1 Å². The largest absolute Gasteiger partial charge is 0.378 e. The van der Waals surface area contributed by atoms with Crippen molar-refractivity contribution in [3.63, 3.8) is 0 Å². The van der Waals surface area contributed by atoms with Gasteiger partial charge >= 0.3 is 0 Å². The van der Waals surface area contributed by atoms with Gasteiger partial charge in [0.1, 0.15) is 0 Å². The van der Waals surface area contributed by atoms with E-state index in [1.165, 1.54) is 0 Å². The molecule has 4 heterocycles. The zero-order chi connectivity index (χ0) is 20.5. The number of hydrogen-bond donors (Lipinski definition) is 0. The SMILES string of the molecule is COCc1nn2c(ncc3c(=O)n(Cc4cccnc4)ccc32)c1-c1ccccc1. The highest BCUT2D eigenvalue weighted by Gasteiger charge is 2.18. The number of benzene rings is 1. The minimum atomic E-state index is -0.115. The second kappa shape index (κ2) is 7.53. The van der Waals surface area contributed by atoms with Crippen molar-refractivity contribution in [1.82, 2.24) is 24.1 Å². The fourth-order valence-electron chi connectivity index (χ4n) is 3.71. The molecule has 0 saturated carbocycles. The second-order valence-electron chi connectivity index (χ2n) is 7.02. The van der Waals surface area contributed by atoms with Gasteiger partial charge in [-0.05, 0) is 23.3 Å². The molecule has 0 spiro atoms. The molecule has 0 aliphatic rings. The maximum atomic E-state index is 13.1. The van der Waals surface area contributed by atoms with Gasteiger partial charge in [-0.3, -0.25) is 9.78 Å². The topological polar surface area (TPSA) is 74.3 Å². The van der Waals surface area contributed by atoms with E-state index in [2.05, 4.69) is 9.97 Å². The van der Waals surface area contributed by atoms with Gasteiger partial charge < -0.3 is 9.30 Å². The van der Waals surface area contributed by atoms with Gasteiger partial charge in [-0.15, -0.1) is 0 Å². The van der Waals surface area contributed by atoms with E-state index >= 15 is 0 Å². The van der Waals surface area contributed by atoms with Crippen molar-refractivity contribution >= 4 is 16.6 Å². The Morgan fingerprint density at radius 1 is 1.03 bits per heavy atom. The summed E-state index contributed by atoms with van der Waals surface area (Å²) in [6, 6.07) is 15.7. The van der Waals surface area contributed by atoms with Crippen LogP contribution in [0, 0.1) is 0 Å². The summed E-state index contributed by atoms with van der Waals surface area (Å²) >= 11 is 0. The van der Waals surface area contributed by atoms with Crippen LogP contribution in [-0.4, -0.2) is 31.3 Å². The van der Waals surface area contributed by atoms with Crippen LogP contribution < -0.4 is 5.56 Å². The highest BCUT2D eigenvalue weighted by atomic mass is 16.5. The molecule has 5 rings (SSSR count). The molecule has 7 heteroatoms. The van der Waals surface area contributed by atoms with Crippen molar-refractivity contribution in [2.75, 3.05) is 7.11 Å². The van der Waals surface area contributed by atoms with E-state index in [9.17, 15) is 4.79 Å². The number of fused-ring (bicyclic) bond motifs is 3. The lowest BCUT2D eigenvalue weighted by Gasteiger charge is -2.08. The highest BCUT2D eigenvalue weighted by molar-refractivity contribution is 5.86. The number of methoxy groups -OCH3 is 1. The van der Waals surface area contributed by atoms with Gasteiger partial charge in [-0.1, -0.05) is 36.4 Å². The summed E-state index contributed by atoms with van der Waals surface area (Å²) < 4.78 is 8.76. The normalized spacial score (nSPS) is 11.4. The summed E-state index contributed by atoms with van der Waals surface area (Å²) in [4.78, 5) is 21.8. The van der Waals surface area contributed by atoms with E-state index in [4.69, 9.17) is 9.84 Å². The van der Waals surface area contributed by atoms with Crippen LogP contribution in [0.5, 0.6) is 0 Å². The van der Waals surface area contributed by atoms with Crippen molar-refractivity contribution in [3.8, 4) is 11.1 Å². The summed E-state index contributed by atoms with van der Waals surface area (Å²) in [6.45, 7) is 0.803. The summed E-state index contributed by atoms with van der Waals surface area (Å²) in [5.74, 6) is 0. The van der Waals surface area contributed by atoms with Crippen LogP contribution in [0.1, 0.15) is 11.3 Å². The van der Waals surface area contributed by atoms with E-state index in [0.29, 0.717) is 29.7 Å². The smallest absolute Gasteiger partial charge is 0.261 e. The first-order chi connectivity index (χ1) is 14.8. The Kier molecular flexibility index (Phi) is 4.57. The molecule has 0 atom stereocenters. The van der Waals surface area contributed by atoms with Crippen molar-refractivity contribution in [2.24, 2.45) is 0 Å². The molecular weight excluding hydrogens is 378 g/mol. The van der Waals surface area contributed by atoms with Crippen LogP contribution in [0.4, 0.5) is 0 Å². The van der Waals surface area contributed by atoms with Gasteiger partial charge in [-0.25, -0.2) is 9.50 Å². The molecule has 30 heavy (non-hydrogen) atoms. The van der Waals surface area contributed by atoms with Crippen LogP contribution in [-0.2, 0) is 17.9 Å². The second-order valence-corrected chi connectivity index (χ2v) is 7.02. The summed E-state index contributed by atoms with van der Waals surface area (Å²) in [6.07, 6.45) is 6.90. The molecule has 5 aromatic rings. The van der Waals surface area contributed by atoms with Crippen molar-refractivity contribution in [2.45, 2.75) is 13.2 Å². The maximum absolute atomic E-state index is 13.1. The predicted molar refractivity (Wildman–Crippen MR) is 114 cm³/mol. The molecule has 0 N–H and O–H groups in total. The third kappa shape index (κ3) is 3.05. The Bertz CT molecular complexity index is 1390. The molecule has 7 nitrogen and oxygen atoms in total. The molecule has 0 radical (unpaired) electrons. The molecule has 0 fully saturated rings. The lowest BCUT2D eigenvalue weighted by Crippen LogP contribution is -2.21. The van der Waals surface area contributed by atoms with Gasteiger partial charge in [0.15, 0.2) is 5.65 Å². The lowest BCUT2D eigenvalue weighted by molar-refractivity contribution is 0.181. The number of aromatic nitrogens is 5. The Morgan fingerprint density at radius 3 is 2.67 bits per heavy atom. The summed E-state index contributed by atoms with van der Waals surface area (Å²) in [5, 5.41) is 5.25. The number of ether oxygens (including phenoxy) is 1. The minimum Gasteiger partial charge on any atom is -0.378 e. The average Bonchev–Trinajstić information content (AvgIpc) is 3.15. The zero-order valence-electron chi connectivity index (χ0n) is 16.4. The molecule has 0 unspecified atom stereocenters. The van der Waals surface area contributed by atoms with Crippen molar-refractivity contribution in [1.29, 1.82) is 0 Å². The van der Waals surface area contributed by atoms with Crippen LogP contribution in [0.3, 0.4) is 0 Å². The molecule has 0 aliphatic carbocycles. The minimum absolute atomic E-state index is 0.115. The van der Waals surface area contributed by atoms with Crippen LogP contribution in [0.25, 0.3) is 27.7 Å². The number of nitrogens with zero attached hydrogens (tertiary/aromatic N) is 5. The highest BCUT2D eigenvalue weighted by Crippen LogP contribution is 2.29. The van der Waals surface area contributed by atoms with Gasteiger partial charge in [-0.2, -0.15) is 5.10 Å². The summed E-state index contributed by atoms with van der Waals surface area (Å²) in [7, 11) is 1.64. The predicted octanol–water partition coefficient (Wildman–Crippen LogP) is 3.30. The van der Waals surface area contributed by atoms with E-state index < -0.39 is 0 Å².